The fourth-order valence-corrected chi connectivity index (χ4v) is 7.19. The molecule has 244 valence electrons. The van der Waals surface area contributed by atoms with Gasteiger partial charge < -0.3 is 0 Å². The fourth-order valence-electron chi connectivity index (χ4n) is 5.86. The number of unbranched alkanes of at least 4 members (excludes halogenated alkanes) is 30. The molecule has 0 aliphatic heterocycles. The summed E-state index contributed by atoms with van der Waals surface area (Å²) in [6.45, 7) is 5.10. The van der Waals surface area contributed by atoms with Crippen molar-refractivity contribution < 1.29 is 14.3 Å². The van der Waals surface area contributed by atoms with E-state index in [1.807, 2.05) is 0 Å². The van der Waals surface area contributed by atoms with Crippen LogP contribution in [0.1, 0.15) is 219 Å². The molecule has 0 aromatic carbocycles. The van der Waals surface area contributed by atoms with Gasteiger partial charge in [-0.15, -0.1) is 0 Å². The first-order chi connectivity index (χ1) is 19.6. The third-order valence-corrected chi connectivity index (χ3v) is 10.4. The van der Waals surface area contributed by atoms with E-state index in [4.69, 9.17) is 4.52 Å². The van der Waals surface area contributed by atoms with E-state index in [-0.39, 0.29) is 0 Å². The van der Waals surface area contributed by atoms with Crippen molar-refractivity contribution in [2.75, 3.05) is 12.8 Å². The maximum absolute atomic E-state index is 10.2. The molecule has 0 saturated heterocycles. The zero-order valence-corrected chi connectivity index (χ0v) is 28.8. The first-order valence-electron chi connectivity index (χ1n) is 18.7. The summed E-state index contributed by atoms with van der Waals surface area (Å²) >= 11 is 0. The van der Waals surface area contributed by atoms with Gasteiger partial charge in [0, 0.05) is 0 Å². The first-order valence-corrected chi connectivity index (χ1v) is 20.7. The molecule has 0 atom stereocenters. The third kappa shape index (κ3) is 34.5. The summed E-state index contributed by atoms with van der Waals surface area (Å²) in [5.41, 5.74) is 0. The SMILES string of the molecule is CCCCCCCCCCCCCCCCCCO[PH](O)(O)CCCCCCCCCCCCCCCCCC. The molecule has 0 bridgehead atoms. The molecule has 0 saturated carbocycles. The molecule has 3 nitrogen and oxygen atoms in total. The number of rotatable bonds is 35. The van der Waals surface area contributed by atoms with E-state index in [1.165, 1.54) is 180 Å². The predicted octanol–water partition coefficient (Wildman–Crippen LogP) is 13.0. The second kappa shape index (κ2) is 33.8. The van der Waals surface area contributed by atoms with Gasteiger partial charge in [-0.25, -0.2) is 0 Å². The Hall–Kier alpha value is 0.310. The van der Waals surface area contributed by atoms with Crippen molar-refractivity contribution in [1.29, 1.82) is 0 Å². The Labute approximate surface area is 254 Å². The first kappa shape index (κ1) is 40.3. The van der Waals surface area contributed by atoms with Crippen LogP contribution in [0.25, 0.3) is 0 Å². The van der Waals surface area contributed by atoms with Crippen LogP contribution in [0.2, 0.25) is 0 Å². The molecule has 0 aliphatic rings. The summed E-state index contributed by atoms with van der Waals surface area (Å²) in [6.07, 6.45) is 43.5. The summed E-state index contributed by atoms with van der Waals surface area (Å²) in [5.74, 6) is 0. The van der Waals surface area contributed by atoms with Gasteiger partial charge in [0.1, 0.15) is 0 Å². The Balaban J connectivity index is 3.26. The molecule has 0 rings (SSSR count). The van der Waals surface area contributed by atoms with Crippen LogP contribution in [0, 0.1) is 0 Å². The molecule has 0 fully saturated rings. The maximum atomic E-state index is 10.2. The summed E-state index contributed by atoms with van der Waals surface area (Å²) < 4.78 is 5.52. The standard InChI is InChI=1S/C36H77O3P/c1-3-5-7-9-11-13-15-17-19-21-23-25-27-29-31-33-35-39-40(37,38)36-34-32-30-28-26-24-22-20-18-16-14-12-10-8-6-4-2/h37-38,40H,3-36H2,1-2H3. The van der Waals surface area contributed by atoms with Gasteiger partial charge in [-0.2, -0.15) is 0 Å². The van der Waals surface area contributed by atoms with Crippen LogP contribution in [0.5, 0.6) is 0 Å². The van der Waals surface area contributed by atoms with Crippen molar-refractivity contribution >= 4 is 7.94 Å². The van der Waals surface area contributed by atoms with Crippen LogP contribution in [0.4, 0.5) is 0 Å². The molecule has 2 N–H and O–H groups in total. The van der Waals surface area contributed by atoms with Gasteiger partial charge in [-0.05, 0) is 0 Å². The Morgan fingerprint density at radius 3 is 0.825 bits per heavy atom. The van der Waals surface area contributed by atoms with E-state index in [0.29, 0.717) is 12.8 Å². The average Bonchev–Trinajstić information content (AvgIpc) is 2.94. The second-order valence-corrected chi connectivity index (χ2v) is 15.2. The molecular formula is C36H77O3P. The van der Waals surface area contributed by atoms with E-state index in [0.717, 1.165) is 25.7 Å². The van der Waals surface area contributed by atoms with E-state index >= 15 is 0 Å². The number of hydrogen-bond acceptors (Lipinski definition) is 3. The molecule has 0 unspecified atom stereocenters. The van der Waals surface area contributed by atoms with Crippen molar-refractivity contribution in [3.63, 3.8) is 0 Å². The third-order valence-electron chi connectivity index (χ3n) is 8.69. The Morgan fingerprint density at radius 2 is 0.550 bits per heavy atom. The van der Waals surface area contributed by atoms with Gasteiger partial charge in [0.2, 0.25) is 0 Å². The van der Waals surface area contributed by atoms with Crippen LogP contribution in [-0.4, -0.2) is 22.6 Å². The van der Waals surface area contributed by atoms with Gasteiger partial charge in [-0.1, -0.05) is 84.5 Å². The molecule has 4 heteroatoms. The van der Waals surface area contributed by atoms with Crippen molar-refractivity contribution in [3.05, 3.63) is 0 Å². The molecule has 0 aliphatic carbocycles. The topological polar surface area (TPSA) is 49.7 Å². The summed E-state index contributed by atoms with van der Waals surface area (Å²) in [5, 5.41) is 0. The van der Waals surface area contributed by atoms with Crippen LogP contribution in [-0.2, 0) is 4.52 Å². The van der Waals surface area contributed by atoms with Crippen LogP contribution in [0.3, 0.4) is 0 Å². The van der Waals surface area contributed by atoms with E-state index in [2.05, 4.69) is 13.8 Å². The normalized spacial score (nSPS) is 12.4. The van der Waals surface area contributed by atoms with Crippen molar-refractivity contribution in [3.8, 4) is 0 Å². The average molecular weight is 589 g/mol. The van der Waals surface area contributed by atoms with Gasteiger partial charge in [0.15, 0.2) is 0 Å². The fraction of sp³-hybridized carbons (Fsp3) is 1.00. The molecule has 0 radical (unpaired) electrons. The minimum Gasteiger partial charge on any atom is -0.0654 e. The molecule has 40 heavy (non-hydrogen) atoms. The molecule has 0 heterocycles. The van der Waals surface area contributed by atoms with Gasteiger partial charge in [0.05, 0.1) is 0 Å². The van der Waals surface area contributed by atoms with Crippen LogP contribution in [0.15, 0.2) is 0 Å². The Morgan fingerprint density at radius 1 is 0.325 bits per heavy atom. The zero-order valence-electron chi connectivity index (χ0n) is 27.8. The molecular weight excluding hydrogens is 511 g/mol. The Kier molecular flexibility index (Phi) is 34.1. The molecule has 0 aromatic heterocycles. The van der Waals surface area contributed by atoms with Gasteiger partial charge >= 0.3 is 170 Å². The number of hydrogen-bond donors (Lipinski definition) is 2. The van der Waals surface area contributed by atoms with E-state index in [9.17, 15) is 9.79 Å². The van der Waals surface area contributed by atoms with Gasteiger partial charge in [-0.3, -0.25) is 0 Å². The Bertz CT molecular complexity index is 457. The van der Waals surface area contributed by atoms with Crippen LogP contribution < -0.4 is 0 Å². The monoisotopic (exact) mass is 589 g/mol. The minimum atomic E-state index is -3.42. The summed E-state index contributed by atoms with van der Waals surface area (Å²) in [6, 6.07) is 0. The summed E-state index contributed by atoms with van der Waals surface area (Å²) in [4.78, 5) is 20.5. The molecule has 0 aromatic rings. The van der Waals surface area contributed by atoms with Gasteiger partial charge in [0.25, 0.3) is 0 Å². The smallest absolute Gasteiger partial charge is 0.0654 e. The minimum absolute atomic E-state index is 0.476. The van der Waals surface area contributed by atoms with E-state index in [1.54, 1.807) is 0 Å². The predicted molar refractivity (Wildman–Crippen MR) is 183 cm³/mol. The molecule has 0 spiro atoms. The van der Waals surface area contributed by atoms with E-state index < -0.39 is 7.94 Å². The summed E-state index contributed by atoms with van der Waals surface area (Å²) in [7, 11) is -3.42. The van der Waals surface area contributed by atoms with Crippen molar-refractivity contribution in [2.24, 2.45) is 0 Å². The quantitative estimate of drug-likeness (QED) is 0.0572. The van der Waals surface area contributed by atoms with Crippen LogP contribution >= 0.6 is 7.94 Å². The molecule has 0 amide bonds. The van der Waals surface area contributed by atoms with Crippen molar-refractivity contribution in [1.82, 2.24) is 0 Å². The zero-order chi connectivity index (χ0) is 29.2. The van der Waals surface area contributed by atoms with Crippen molar-refractivity contribution in [2.45, 2.75) is 219 Å². The second-order valence-electron chi connectivity index (χ2n) is 12.9.